The molecule has 11 heteroatoms. The lowest BCUT2D eigenvalue weighted by Crippen LogP contribution is -2.47. The summed E-state index contributed by atoms with van der Waals surface area (Å²) >= 11 is 0. The second-order valence-electron chi connectivity index (χ2n) is 9.94. The first kappa shape index (κ1) is 27.5. The van der Waals surface area contributed by atoms with Crippen LogP contribution >= 0.6 is 0 Å². The molecule has 1 saturated heterocycles. The summed E-state index contributed by atoms with van der Waals surface area (Å²) in [6.07, 6.45) is 5.51. The van der Waals surface area contributed by atoms with Crippen LogP contribution in [0.2, 0.25) is 0 Å². The summed E-state index contributed by atoms with van der Waals surface area (Å²) in [5, 5.41) is 6.32. The van der Waals surface area contributed by atoms with Crippen LogP contribution in [0.4, 0.5) is 20.3 Å². The zero-order valence-corrected chi connectivity index (χ0v) is 22.6. The van der Waals surface area contributed by atoms with Crippen LogP contribution in [0.1, 0.15) is 29.8 Å². The number of morpholine rings is 1. The number of rotatable bonds is 9. The Labute approximate surface area is 231 Å². The first-order valence-electron chi connectivity index (χ1n) is 13.2. The van der Waals surface area contributed by atoms with Crippen LogP contribution in [-0.4, -0.2) is 70.2 Å². The summed E-state index contributed by atoms with van der Waals surface area (Å²) in [5.74, 6) is 0.518. The van der Waals surface area contributed by atoms with Gasteiger partial charge in [-0.3, -0.25) is 14.1 Å². The monoisotopic (exact) mass is 550 g/mol. The van der Waals surface area contributed by atoms with Crippen molar-refractivity contribution >= 4 is 23.1 Å². The molecule has 0 bridgehead atoms. The fraction of sp³-hybridized carbons (Fsp3) is 0.345. The van der Waals surface area contributed by atoms with Gasteiger partial charge in [0.25, 0.3) is 5.91 Å². The van der Waals surface area contributed by atoms with Crippen LogP contribution in [0, 0.1) is 6.92 Å². The van der Waals surface area contributed by atoms with E-state index < -0.39 is 6.61 Å². The van der Waals surface area contributed by atoms with Crippen molar-refractivity contribution in [2.24, 2.45) is 0 Å². The molecule has 0 saturated carbocycles. The van der Waals surface area contributed by atoms with E-state index in [-0.39, 0.29) is 23.9 Å². The van der Waals surface area contributed by atoms with Gasteiger partial charge in [-0.05, 0) is 68.8 Å². The number of nitrogens with zero attached hydrogens (tertiary/aromatic N) is 4. The molecule has 40 heavy (non-hydrogen) atoms. The van der Waals surface area contributed by atoms with Gasteiger partial charge in [-0.15, -0.1) is 0 Å². The van der Waals surface area contributed by atoms with E-state index in [0.717, 1.165) is 42.1 Å². The van der Waals surface area contributed by atoms with Gasteiger partial charge in [0.15, 0.2) is 11.5 Å². The highest BCUT2D eigenvalue weighted by Gasteiger charge is 2.22. The van der Waals surface area contributed by atoms with Gasteiger partial charge in [0.1, 0.15) is 5.75 Å². The largest absolute Gasteiger partial charge is 0.435 e. The van der Waals surface area contributed by atoms with E-state index in [2.05, 4.69) is 44.1 Å². The van der Waals surface area contributed by atoms with Crippen molar-refractivity contribution < 1.29 is 23.0 Å². The third kappa shape index (κ3) is 6.37. The quantitative estimate of drug-likeness (QED) is 0.307. The zero-order valence-electron chi connectivity index (χ0n) is 22.6. The predicted molar refractivity (Wildman–Crippen MR) is 148 cm³/mol. The summed E-state index contributed by atoms with van der Waals surface area (Å²) in [7, 11) is 0. The maximum Gasteiger partial charge on any atom is 0.387 e. The second-order valence-corrected chi connectivity index (χ2v) is 9.94. The van der Waals surface area contributed by atoms with Gasteiger partial charge in [0.2, 0.25) is 0 Å². The lowest BCUT2D eigenvalue weighted by Gasteiger charge is -2.35. The van der Waals surface area contributed by atoms with E-state index >= 15 is 0 Å². The average Bonchev–Trinajstić information content (AvgIpc) is 3.33. The van der Waals surface area contributed by atoms with Gasteiger partial charge in [-0.2, -0.15) is 8.78 Å². The molecule has 210 valence electrons. The molecule has 3 heterocycles. The number of aryl methyl sites for hydroxylation is 1. The number of carbonyl (C=O) groups excluding carboxylic acids is 1. The SMILES string of the molecule is Cc1cc(Nc2nccn3c(-c4ccc(OC(F)F)cc4)cnc23)ccc1C(=O)NCCN1C[C@@H](C)O[C@@H](C)C1. The molecule has 2 atom stereocenters. The minimum absolute atomic E-state index is 0.0884. The van der Waals surface area contributed by atoms with E-state index in [9.17, 15) is 13.6 Å². The Bertz CT molecular complexity index is 1470. The minimum atomic E-state index is -2.87. The highest BCUT2D eigenvalue weighted by molar-refractivity contribution is 5.96. The number of ether oxygens (including phenoxy) is 2. The number of hydrogen-bond acceptors (Lipinski definition) is 7. The smallest absolute Gasteiger partial charge is 0.387 e. The number of anilines is 2. The number of halogens is 2. The van der Waals surface area contributed by atoms with Crippen molar-refractivity contribution in [2.45, 2.75) is 39.6 Å². The molecule has 1 aliphatic rings. The molecule has 2 aromatic heterocycles. The van der Waals surface area contributed by atoms with Gasteiger partial charge < -0.3 is 20.1 Å². The van der Waals surface area contributed by atoms with E-state index in [4.69, 9.17) is 4.74 Å². The Morgan fingerprint density at radius 1 is 1.12 bits per heavy atom. The van der Waals surface area contributed by atoms with Gasteiger partial charge in [0, 0.05) is 55.4 Å². The van der Waals surface area contributed by atoms with Crippen molar-refractivity contribution in [3.63, 3.8) is 0 Å². The van der Waals surface area contributed by atoms with E-state index in [1.54, 1.807) is 36.8 Å². The molecule has 0 aliphatic carbocycles. The number of fused-ring (bicyclic) bond motifs is 1. The van der Waals surface area contributed by atoms with Crippen LogP contribution in [0.3, 0.4) is 0 Å². The van der Waals surface area contributed by atoms with Crippen molar-refractivity contribution in [3.05, 3.63) is 72.2 Å². The van der Waals surface area contributed by atoms with Crippen molar-refractivity contribution in [1.82, 2.24) is 24.6 Å². The number of imidazole rings is 1. The van der Waals surface area contributed by atoms with Gasteiger partial charge in [-0.1, -0.05) is 0 Å². The third-order valence-corrected chi connectivity index (χ3v) is 6.75. The van der Waals surface area contributed by atoms with Crippen molar-refractivity contribution in [3.8, 4) is 17.0 Å². The van der Waals surface area contributed by atoms with Crippen LogP contribution in [0.5, 0.6) is 5.75 Å². The van der Waals surface area contributed by atoms with Crippen LogP contribution in [0.25, 0.3) is 16.9 Å². The standard InChI is InChI=1S/C29H32F2N6O3/c1-18-14-22(6-9-24(18)28(38)33-10-12-36-16-19(2)39-20(3)17-36)35-26-27-34-15-25(37(27)13-11-32-26)21-4-7-23(8-5-21)40-29(30)31/h4-9,11,13-15,19-20,29H,10,12,16-17H2,1-3H3,(H,32,35)(H,33,38)/t19-,20+. The molecule has 9 nitrogen and oxygen atoms in total. The van der Waals surface area contributed by atoms with Crippen LogP contribution < -0.4 is 15.4 Å². The first-order chi connectivity index (χ1) is 19.3. The molecule has 0 unspecified atom stereocenters. The summed E-state index contributed by atoms with van der Waals surface area (Å²) in [5.41, 5.74) is 4.37. The highest BCUT2D eigenvalue weighted by Crippen LogP contribution is 2.27. The van der Waals surface area contributed by atoms with E-state index in [0.29, 0.717) is 23.6 Å². The second kappa shape index (κ2) is 12.0. The molecular weight excluding hydrogens is 518 g/mol. The van der Waals surface area contributed by atoms with Crippen molar-refractivity contribution in [2.75, 3.05) is 31.5 Å². The maximum atomic E-state index is 12.8. The Hall–Kier alpha value is -4.09. The molecule has 4 aromatic rings. The van der Waals surface area contributed by atoms with E-state index in [1.807, 2.05) is 23.5 Å². The fourth-order valence-electron chi connectivity index (χ4n) is 5.05. The highest BCUT2D eigenvalue weighted by atomic mass is 19.3. The Morgan fingerprint density at radius 2 is 1.88 bits per heavy atom. The average molecular weight is 551 g/mol. The van der Waals surface area contributed by atoms with Crippen LogP contribution in [-0.2, 0) is 4.74 Å². The normalized spacial score (nSPS) is 17.8. The van der Waals surface area contributed by atoms with Gasteiger partial charge in [-0.25, -0.2) is 9.97 Å². The maximum absolute atomic E-state index is 12.8. The lowest BCUT2D eigenvalue weighted by molar-refractivity contribution is -0.0672. The molecule has 2 aromatic carbocycles. The molecule has 1 amide bonds. The van der Waals surface area contributed by atoms with Gasteiger partial charge in [0.05, 0.1) is 24.1 Å². The summed E-state index contributed by atoms with van der Waals surface area (Å²) < 4.78 is 37.0. The topological polar surface area (TPSA) is 93.0 Å². The fourth-order valence-corrected chi connectivity index (χ4v) is 5.05. The Morgan fingerprint density at radius 3 is 2.58 bits per heavy atom. The molecule has 1 fully saturated rings. The van der Waals surface area contributed by atoms with Crippen LogP contribution in [0.15, 0.2) is 61.1 Å². The lowest BCUT2D eigenvalue weighted by atomic mass is 10.1. The molecule has 1 aliphatic heterocycles. The van der Waals surface area contributed by atoms with Gasteiger partial charge >= 0.3 is 6.61 Å². The van der Waals surface area contributed by atoms with E-state index in [1.165, 1.54) is 12.1 Å². The third-order valence-electron chi connectivity index (χ3n) is 6.75. The number of hydrogen-bond donors (Lipinski definition) is 2. The number of alkyl halides is 2. The number of amides is 1. The Balaban J connectivity index is 1.24. The molecular formula is C29H32F2N6O3. The number of nitrogens with one attached hydrogen (secondary N) is 2. The minimum Gasteiger partial charge on any atom is -0.435 e. The number of carbonyl (C=O) groups is 1. The molecule has 2 N–H and O–H groups in total. The Kier molecular flexibility index (Phi) is 8.22. The summed E-state index contributed by atoms with van der Waals surface area (Å²) in [6.45, 7) is 6.22. The summed E-state index contributed by atoms with van der Waals surface area (Å²) in [4.78, 5) is 24.1. The number of aromatic nitrogens is 3. The van der Waals surface area contributed by atoms with Crippen molar-refractivity contribution in [1.29, 1.82) is 0 Å². The molecule has 0 radical (unpaired) electrons. The number of benzene rings is 2. The zero-order chi connectivity index (χ0) is 28.2. The molecule has 0 spiro atoms. The first-order valence-corrected chi connectivity index (χ1v) is 13.2. The molecule has 5 rings (SSSR count). The predicted octanol–water partition coefficient (Wildman–Crippen LogP) is 4.89. The summed E-state index contributed by atoms with van der Waals surface area (Å²) in [6, 6.07) is 11.9.